The number of benzene rings is 3. The van der Waals surface area contributed by atoms with E-state index in [0.29, 0.717) is 23.4 Å². The zero-order chi connectivity index (χ0) is 49.0. The molecule has 8 fully saturated rings. The largest absolute Gasteiger partial charge is 0.508 e. The van der Waals surface area contributed by atoms with E-state index >= 15 is 0 Å². The van der Waals surface area contributed by atoms with E-state index < -0.39 is 11.4 Å². The molecule has 0 aromatic heterocycles. The van der Waals surface area contributed by atoms with Crippen molar-refractivity contribution in [3.05, 3.63) is 101 Å². The molecule has 2 aliphatic heterocycles. The number of carboxylic acid groups (broad SMARTS) is 1. The van der Waals surface area contributed by atoms with Crippen molar-refractivity contribution in [3.63, 3.8) is 0 Å². The maximum Gasteiger partial charge on any atom is 0.309 e. The monoisotopic (exact) mass is 1000 g/mol. The molecular formula is C57H75ClFN3O9. The Morgan fingerprint density at radius 1 is 0.620 bits per heavy atom. The predicted octanol–water partition coefficient (Wildman–Crippen LogP) is 9.67. The number of carbonyl (C=O) groups is 3. The number of hydrogen-bond acceptors (Lipinski definition) is 9. The van der Waals surface area contributed by atoms with E-state index in [-0.39, 0.29) is 76.5 Å². The van der Waals surface area contributed by atoms with Gasteiger partial charge in [-0.1, -0.05) is 36.4 Å². The van der Waals surface area contributed by atoms with E-state index in [0.717, 1.165) is 154 Å². The van der Waals surface area contributed by atoms with Gasteiger partial charge in [0, 0.05) is 50.6 Å². The summed E-state index contributed by atoms with van der Waals surface area (Å²) in [5.74, 6) is 1.78. The number of hydrogen-bond donors (Lipinski definition) is 5. The molecule has 3 aromatic rings. The molecule has 2 saturated heterocycles. The molecule has 6 aliphatic carbocycles. The molecule has 0 unspecified atom stereocenters. The van der Waals surface area contributed by atoms with Gasteiger partial charge in [0.25, 0.3) is 0 Å². The first-order chi connectivity index (χ1) is 33.8. The molecule has 0 spiro atoms. The van der Waals surface area contributed by atoms with Crippen LogP contribution in [0.15, 0.2) is 84.7 Å². The second kappa shape index (κ2) is 21.8. The molecule has 3 aromatic carbocycles. The van der Waals surface area contributed by atoms with E-state index in [4.69, 9.17) is 24.7 Å². The van der Waals surface area contributed by atoms with Crippen LogP contribution in [-0.4, -0.2) is 86.8 Å². The molecule has 2 heterocycles. The summed E-state index contributed by atoms with van der Waals surface area (Å²) < 4.78 is 34.2. The minimum Gasteiger partial charge on any atom is -0.508 e. The fourth-order valence-corrected chi connectivity index (χ4v) is 14.0. The van der Waals surface area contributed by atoms with Crippen LogP contribution in [0.2, 0.25) is 0 Å². The number of carboxylic acids is 1. The lowest BCUT2D eigenvalue weighted by Crippen LogP contribution is -2.45. The summed E-state index contributed by atoms with van der Waals surface area (Å²) >= 11 is 0. The van der Waals surface area contributed by atoms with Gasteiger partial charge in [0.15, 0.2) is 0 Å². The number of fused-ring (bicyclic) bond motifs is 6. The molecule has 386 valence electrons. The molecule has 6 N–H and O–H groups in total. The molecule has 0 radical (unpaired) electrons. The highest BCUT2D eigenvalue weighted by molar-refractivity contribution is 5.86. The highest BCUT2D eigenvalue weighted by atomic mass is 35.5. The number of nitrogens with one attached hydrogen (secondary N) is 2. The first-order valence-corrected chi connectivity index (χ1v) is 26.0. The summed E-state index contributed by atoms with van der Waals surface area (Å²) in [4.78, 5) is 37.5. The summed E-state index contributed by atoms with van der Waals surface area (Å²) in [6, 6.07) is 24.4. The molecular weight excluding hydrogens is 925 g/mol. The second-order valence-corrected chi connectivity index (χ2v) is 22.3. The summed E-state index contributed by atoms with van der Waals surface area (Å²) in [7, 11) is 1.66. The molecule has 2 amide bonds. The number of carbonyl (C=O) groups excluding carboxylic acids is 2. The number of phenolic OH excluding ortho intramolecular Hbond substituents is 1. The van der Waals surface area contributed by atoms with Gasteiger partial charge in [0.1, 0.15) is 23.9 Å². The van der Waals surface area contributed by atoms with Crippen LogP contribution in [0, 0.1) is 16.2 Å². The third kappa shape index (κ3) is 10.7. The van der Waals surface area contributed by atoms with Crippen molar-refractivity contribution < 1.29 is 47.9 Å². The third-order valence-electron chi connectivity index (χ3n) is 18.5. The number of aromatic hydroxyl groups is 1. The zero-order valence-corrected chi connectivity index (χ0v) is 42.3. The number of amides is 2. The van der Waals surface area contributed by atoms with Gasteiger partial charge in [0.05, 0.1) is 29.7 Å². The first-order valence-electron chi connectivity index (χ1n) is 26.0. The topological polar surface area (TPSA) is 179 Å². The molecule has 6 bridgehead atoms. The molecule has 6 saturated carbocycles. The van der Waals surface area contributed by atoms with Gasteiger partial charge in [-0.3, -0.25) is 14.4 Å². The number of rotatable bonds is 13. The van der Waals surface area contributed by atoms with E-state index in [2.05, 4.69) is 34.9 Å². The van der Waals surface area contributed by atoms with Crippen molar-refractivity contribution in [2.75, 3.05) is 46.7 Å². The standard InChI is InChI=1S/C23H31FN2O3.C19H25NO3.C15H18O3.ClH/c24-13-17(14-25)15-29-20-3-1-18(2-4-20)22-7-9-23(16-22,10-8-22)21(27)26-19-5-11-28-12-6-19;21-16-3-1-14(2-4-16)18-7-9-19(13-18,10-8-18)17(22)20-15-5-11-23-12-6-15;1-18-12-4-2-11(3-5-12)14-6-8-15(10-14,9-7-14)13(16)17;/h1-4,13,19H,5-12,14-16,25H2,(H,26,27);1-4,15,21H,5-13H2,(H,20,22);2-5H,6-10H2,1H3,(H,16,17);1H/b17-13+;;;. The minimum absolute atomic E-state index is 0. The molecule has 8 aliphatic rings. The van der Waals surface area contributed by atoms with Crippen molar-refractivity contribution in [1.82, 2.24) is 10.6 Å². The molecule has 12 nitrogen and oxygen atoms in total. The maximum absolute atomic E-state index is 13.1. The van der Waals surface area contributed by atoms with Gasteiger partial charge in [0.2, 0.25) is 11.8 Å². The van der Waals surface area contributed by atoms with Crippen LogP contribution in [0.25, 0.3) is 0 Å². The quantitative estimate of drug-likeness (QED) is 0.111. The Hall–Kier alpha value is -4.69. The molecule has 71 heavy (non-hydrogen) atoms. The van der Waals surface area contributed by atoms with Crippen molar-refractivity contribution >= 4 is 30.2 Å². The zero-order valence-electron chi connectivity index (χ0n) is 41.5. The van der Waals surface area contributed by atoms with E-state index in [1.54, 1.807) is 19.2 Å². The lowest BCUT2D eigenvalue weighted by Gasteiger charge is -2.30. The van der Waals surface area contributed by atoms with Gasteiger partial charge >= 0.3 is 5.97 Å². The summed E-state index contributed by atoms with van der Waals surface area (Å²) in [6.45, 7) is 3.31. The second-order valence-electron chi connectivity index (χ2n) is 22.3. The average molecular weight is 1000 g/mol. The SMILES string of the molecule is COc1ccc(C23CCC(C(=O)O)(CC2)C3)cc1.Cl.NC/C(=C\F)COc1ccc(C23CCC(C(=O)NC4CCOCC4)(CC2)C3)cc1.O=C(NC1CCOCC1)C12CCC(c3ccc(O)cc3)(CC1)C2. The Morgan fingerprint density at radius 3 is 1.34 bits per heavy atom. The van der Waals surface area contributed by atoms with Crippen LogP contribution in [0.5, 0.6) is 17.2 Å². The van der Waals surface area contributed by atoms with Gasteiger partial charge in [-0.2, -0.15) is 0 Å². The highest BCUT2D eigenvalue weighted by Crippen LogP contribution is 2.64. The predicted molar refractivity (Wildman–Crippen MR) is 272 cm³/mol. The Labute approximate surface area is 424 Å². The molecule has 0 atom stereocenters. The molecule has 14 heteroatoms. The van der Waals surface area contributed by atoms with Gasteiger partial charge in [-0.05, 0) is 191 Å². The van der Waals surface area contributed by atoms with Crippen molar-refractivity contribution in [2.45, 2.75) is 150 Å². The summed E-state index contributed by atoms with van der Waals surface area (Å²) in [5, 5.41) is 25.5. The Bertz CT molecular complexity index is 2320. The Balaban J connectivity index is 0.000000146. The van der Waals surface area contributed by atoms with Gasteiger partial charge in [-0.25, -0.2) is 4.39 Å². The van der Waals surface area contributed by atoms with Crippen molar-refractivity contribution in [2.24, 2.45) is 22.0 Å². The van der Waals surface area contributed by atoms with E-state index in [9.17, 15) is 29.0 Å². The average Bonchev–Trinajstić information content (AvgIpc) is 4.28. The fourth-order valence-electron chi connectivity index (χ4n) is 14.0. The fraction of sp³-hybridized carbons (Fsp3) is 0.596. The van der Waals surface area contributed by atoms with Crippen LogP contribution in [0.4, 0.5) is 4.39 Å². The molecule has 11 rings (SSSR count). The number of methoxy groups -OCH3 is 1. The van der Waals surface area contributed by atoms with E-state index in [1.807, 2.05) is 36.4 Å². The minimum atomic E-state index is -0.601. The van der Waals surface area contributed by atoms with Crippen molar-refractivity contribution in [3.8, 4) is 17.2 Å². The normalized spacial score (nSPS) is 31.6. The number of halogens is 2. The maximum atomic E-state index is 13.1. The van der Waals surface area contributed by atoms with E-state index in [1.165, 1.54) is 16.7 Å². The number of ether oxygens (including phenoxy) is 4. The highest BCUT2D eigenvalue weighted by Gasteiger charge is 2.61. The van der Waals surface area contributed by atoms with Crippen LogP contribution >= 0.6 is 12.4 Å². The third-order valence-corrected chi connectivity index (χ3v) is 18.5. The summed E-state index contributed by atoms with van der Waals surface area (Å²) in [5.41, 5.74) is 9.24. The number of phenols is 1. The Morgan fingerprint density at radius 2 is 0.986 bits per heavy atom. The van der Waals surface area contributed by atoms with Crippen LogP contribution in [0.1, 0.15) is 139 Å². The van der Waals surface area contributed by atoms with Crippen molar-refractivity contribution in [1.29, 1.82) is 0 Å². The van der Waals surface area contributed by atoms with Gasteiger partial charge in [-0.15, -0.1) is 12.4 Å². The number of aliphatic carboxylic acids is 1. The first kappa shape index (κ1) is 52.6. The van der Waals surface area contributed by atoms with Gasteiger partial charge < -0.3 is 45.5 Å². The lowest BCUT2D eigenvalue weighted by molar-refractivity contribution is -0.148. The number of nitrogens with two attached hydrogens (primary N) is 1. The Kier molecular flexibility index (Phi) is 16.2. The van der Waals surface area contributed by atoms with Crippen LogP contribution < -0.4 is 25.8 Å². The van der Waals surface area contributed by atoms with Crippen LogP contribution in [0.3, 0.4) is 0 Å². The lowest BCUT2D eigenvalue weighted by atomic mass is 9.77. The van der Waals surface area contributed by atoms with Crippen LogP contribution in [-0.2, 0) is 40.1 Å². The smallest absolute Gasteiger partial charge is 0.309 e. The summed E-state index contributed by atoms with van der Waals surface area (Å²) in [6.07, 6.45) is 18.7.